The fourth-order valence-corrected chi connectivity index (χ4v) is 7.38. The van der Waals surface area contributed by atoms with Crippen LogP contribution in [0.2, 0.25) is 0 Å². The summed E-state index contributed by atoms with van der Waals surface area (Å²) in [6.45, 7) is 0. The minimum atomic E-state index is 1.47. The summed E-state index contributed by atoms with van der Waals surface area (Å²) in [6, 6.07) is 23.5. The Balaban J connectivity index is 1.78. The minimum Gasteiger partial charge on any atom is -0.0531 e. The molecule has 0 amide bonds. The molecule has 0 fully saturated rings. The summed E-state index contributed by atoms with van der Waals surface area (Å²) in [5.41, 5.74) is 0. The second-order valence-electron chi connectivity index (χ2n) is 9.55. The van der Waals surface area contributed by atoms with Crippen LogP contribution in [0.5, 0.6) is 0 Å². The van der Waals surface area contributed by atoms with Gasteiger partial charge >= 0.3 is 0 Å². The van der Waals surface area contributed by atoms with E-state index in [0.29, 0.717) is 0 Å². The maximum absolute atomic E-state index is 2.35. The molecule has 0 aliphatic carbocycles. The largest absolute Gasteiger partial charge is 0.0531 e. The van der Waals surface area contributed by atoms with E-state index in [9.17, 15) is 0 Å². The third-order valence-corrected chi connectivity index (χ3v) is 8.73. The van der Waals surface area contributed by atoms with Crippen LogP contribution in [0.25, 0.3) is 108 Å². The fraction of sp³-hybridized carbons (Fsp3) is 0. The molecule has 11 aromatic carbocycles. The predicted molar refractivity (Wildman–Crippen MR) is 131 cm³/mol. The van der Waals surface area contributed by atoms with Gasteiger partial charge in [0, 0.05) is 0 Å². The first-order valence-electron chi connectivity index (χ1n) is 10.8. The summed E-state index contributed by atoms with van der Waals surface area (Å²) in [6.07, 6.45) is 0. The second-order valence-corrected chi connectivity index (χ2v) is 9.55. The second kappa shape index (κ2) is 3.34. The van der Waals surface area contributed by atoms with Crippen LogP contribution in [0.1, 0.15) is 0 Å². The van der Waals surface area contributed by atoms with Crippen LogP contribution in [-0.4, -0.2) is 0 Å². The average Bonchev–Trinajstić information content (AvgIpc) is 2.92. The summed E-state index contributed by atoms with van der Waals surface area (Å²) >= 11 is 0. The normalized spacial score (nSPS) is 14.7. The van der Waals surface area contributed by atoms with Crippen molar-refractivity contribution in [2.45, 2.75) is 0 Å². The molecule has 11 rings (SSSR count). The Morgan fingerprint density at radius 2 is 0.300 bits per heavy atom. The van der Waals surface area contributed by atoms with Gasteiger partial charge in [-0.15, -0.1) is 0 Å². The molecule has 0 aliphatic heterocycles. The van der Waals surface area contributed by atoms with Gasteiger partial charge in [-0.2, -0.15) is 0 Å². The maximum atomic E-state index is 2.35. The predicted octanol–water partition coefficient (Wildman–Crippen LogP) is 8.72. The van der Waals surface area contributed by atoms with E-state index < -0.39 is 0 Å². The van der Waals surface area contributed by atoms with Crippen LogP contribution in [0.4, 0.5) is 0 Å². The molecule has 0 saturated carbocycles. The molecule has 0 unspecified atom stereocenters. The Morgan fingerprint density at radius 3 is 0.400 bits per heavy atom. The standard InChI is InChI=1S/C30H10/c1-2-12-11(1)21-13-3-4-14(13)23-17-7-8-18(17)25-20-10-9-19(20)24-16-6-5-15(16)22(12)27-26(21)28(23)30(25)29(24)27/h1-10H. The van der Waals surface area contributed by atoms with Crippen LogP contribution in [0, 0.1) is 0 Å². The van der Waals surface area contributed by atoms with Gasteiger partial charge in [0.25, 0.3) is 0 Å². The van der Waals surface area contributed by atoms with Gasteiger partial charge in [0.2, 0.25) is 0 Å². The van der Waals surface area contributed by atoms with Crippen LogP contribution < -0.4 is 0 Å². The van der Waals surface area contributed by atoms with Gasteiger partial charge in [-0.05, 0) is 108 Å². The van der Waals surface area contributed by atoms with Crippen molar-refractivity contribution in [3.05, 3.63) is 60.7 Å². The van der Waals surface area contributed by atoms with Crippen molar-refractivity contribution >= 4 is 108 Å². The molecule has 0 atom stereocenters. The molecule has 0 nitrogen and oxygen atoms in total. The van der Waals surface area contributed by atoms with Gasteiger partial charge in [0.1, 0.15) is 0 Å². The van der Waals surface area contributed by atoms with E-state index in [1.165, 1.54) is 108 Å². The average molecular weight is 370 g/mol. The highest BCUT2D eigenvalue weighted by Crippen LogP contribution is 2.60. The number of benzene rings is 5. The Kier molecular flexibility index (Phi) is 1.40. The van der Waals surface area contributed by atoms with Gasteiger partial charge in [-0.1, -0.05) is 60.7 Å². The Hall–Kier alpha value is -3.90. The fourth-order valence-electron chi connectivity index (χ4n) is 7.38. The third kappa shape index (κ3) is 0.877. The smallest absolute Gasteiger partial charge is 0.0000476 e. The molecular weight excluding hydrogens is 360 g/mol. The van der Waals surface area contributed by atoms with Crippen molar-refractivity contribution in [2.75, 3.05) is 0 Å². The number of hydrogen-bond acceptors (Lipinski definition) is 0. The molecule has 11 aromatic rings. The van der Waals surface area contributed by atoms with Crippen molar-refractivity contribution in [1.82, 2.24) is 0 Å². The lowest BCUT2D eigenvalue weighted by molar-refractivity contribution is 1.87. The van der Waals surface area contributed by atoms with Gasteiger partial charge < -0.3 is 0 Å². The number of hydrogen-bond donors (Lipinski definition) is 0. The van der Waals surface area contributed by atoms with Gasteiger partial charge in [-0.3, -0.25) is 0 Å². The number of rotatable bonds is 0. The van der Waals surface area contributed by atoms with Crippen molar-refractivity contribution < 1.29 is 0 Å². The molecule has 0 radical (unpaired) electrons. The van der Waals surface area contributed by atoms with E-state index in [-0.39, 0.29) is 0 Å². The molecule has 0 heterocycles. The quantitative estimate of drug-likeness (QED) is 0.234. The summed E-state index contributed by atoms with van der Waals surface area (Å²) in [5, 5.41) is 29.9. The Bertz CT molecular complexity index is 1860. The van der Waals surface area contributed by atoms with E-state index in [1.807, 2.05) is 0 Å². The summed E-state index contributed by atoms with van der Waals surface area (Å²) in [5.74, 6) is 0. The van der Waals surface area contributed by atoms with Crippen molar-refractivity contribution in [1.29, 1.82) is 0 Å². The molecule has 0 aliphatic rings. The Morgan fingerprint density at radius 1 is 0.167 bits per heavy atom. The van der Waals surface area contributed by atoms with Crippen molar-refractivity contribution in [3.8, 4) is 0 Å². The maximum Gasteiger partial charge on any atom is -0.0000476 e. The molecule has 0 aromatic heterocycles. The van der Waals surface area contributed by atoms with Crippen LogP contribution in [0.15, 0.2) is 60.7 Å². The van der Waals surface area contributed by atoms with E-state index in [2.05, 4.69) is 60.7 Å². The molecular formula is C30H10. The van der Waals surface area contributed by atoms with Crippen LogP contribution in [-0.2, 0) is 0 Å². The topological polar surface area (TPSA) is 0 Å². The molecule has 130 valence electrons. The summed E-state index contributed by atoms with van der Waals surface area (Å²) in [7, 11) is 0. The molecule has 0 spiro atoms. The van der Waals surface area contributed by atoms with Gasteiger partial charge in [0.05, 0.1) is 0 Å². The van der Waals surface area contributed by atoms with E-state index in [0.717, 1.165) is 0 Å². The highest BCUT2D eigenvalue weighted by molar-refractivity contribution is 6.61. The third-order valence-electron chi connectivity index (χ3n) is 8.73. The molecule has 0 heteroatoms. The zero-order valence-electron chi connectivity index (χ0n) is 15.8. The summed E-state index contributed by atoms with van der Waals surface area (Å²) in [4.78, 5) is 0. The lowest BCUT2D eigenvalue weighted by atomic mass is 9.83. The first kappa shape index (κ1) is 12.6. The lowest BCUT2D eigenvalue weighted by Crippen LogP contribution is -1.91. The Labute approximate surface area is 168 Å². The highest BCUT2D eigenvalue weighted by atomic mass is 14.3. The molecule has 30 heavy (non-hydrogen) atoms. The van der Waals surface area contributed by atoms with Crippen molar-refractivity contribution in [3.63, 3.8) is 0 Å². The molecule has 0 saturated heterocycles. The SMILES string of the molecule is c1cc2c1c1c3ccc3c3c4ccc4c4c5ccc5c5c6ccc6c2c2c1c3c4c52. The summed E-state index contributed by atoms with van der Waals surface area (Å²) < 4.78 is 0. The zero-order valence-corrected chi connectivity index (χ0v) is 15.8. The van der Waals surface area contributed by atoms with E-state index in [1.54, 1.807) is 0 Å². The van der Waals surface area contributed by atoms with E-state index in [4.69, 9.17) is 0 Å². The lowest BCUT2D eigenvalue weighted by Gasteiger charge is -2.20. The number of fused-ring (bicyclic) bond motifs is 15. The van der Waals surface area contributed by atoms with Gasteiger partial charge in [0.15, 0.2) is 0 Å². The molecule has 0 N–H and O–H groups in total. The van der Waals surface area contributed by atoms with Gasteiger partial charge in [-0.25, -0.2) is 0 Å². The van der Waals surface area contributed by atoms with Crippen LogP contribution >= 0.6 is 0 Å². The molecule has 0 bridgehead atoms. The van der Waals surface area contributed by atoms with E-state index >= 15 is 0 Å². The first-order valence-corrected chi connectivity index (χ1v) is 10.8. The minimum absolute atomic E-state index is 1.47. The highest BCUT2D eigenvalue weighted by Gasteiger charge is 2.31. The zero-order chi connectivity index (χ0) is 18.6. The monoisotopic (exact) mass is 370 g/mol. The van der Waals surface area contributed by atoms with Crippen molar-refractivity contribution in [2.24, 2.45) is 0 Å². The van der Waals surface area contributed by atoms with Crippen LogP contribution in [0.3, 0.4) is 0 Å². The first-order chi connectivity index (χ1) is 14.9.